The van der Waals surface area contributed by atoms with Crippen molar-refractivity contribution in [3.05, 3.63) is 30.0 Å². The number of hydrogen-bond acceptors (Lipinski definition) is 3. The molecule has 1 N–H and O–H groups in total. The summed E-state index contributed by atoms with van der Waals surface area (Å²) in [4.78, 5) is 2.54. The van der Waals surface area contributed by atoms with Gasteiger partial charge in [0.25, 0.3) is 0 Å². The van der Waals surface area contributed by atoms with Gasteiger partial charge in [0, 0.05) is 57.4 Å². The van der Waals surface area contributed by atoms with Crippen LogP contribution in [0.2, 0.25) is 0 Å². The molecule has 1 fully saturated rings. The Hall–Kier alpha value is -1.52. The third-order valence-electron chi connectivity index (χ3n) is 4.19. The number of hydrogen-bond donors (Lipinski definition) is 1. The van der Waals surface area contributed by atoms with E-state index in [1.165, 1.54) is 29.6 Å². The molecule has 1 saturated heterocycles. The summed E-state index contributed by atoms with van der Waals surface area (Å²) in [7, 11) is 3.82. The van der Waals surface area contributed by atoms with Crippen molar-refractivity contribution in [1.82, 2.24) is 14.8 Å². The predicted octanol–water partition coefficient (Wildman–Crippen LogP) is 1.63. The maximum absolute atomic E-state index is 5.31. The summed E-state index contributed by atoms with van der Waals surface area (Å²) in [6, 6.07) is 6.35. The monoisotopic (exact) mass is 273 g/mol. The lowest BCUT2D eigenvalue weighted by Gasteiger charge is -2.26. The molecule has 0 radical (unpaired) electrons. The molecule has 0 spiro atoms. The summed E-state index contributed by atoms with van der Waals surface area (Å²) in [6.45, 7) is 5.71. The Labute approximate surface area is 120 Å². The molecule has 0 atom stereocenters. The van der Waals surface area contributed by atoms with Crippen LogP contribution in [-0.4, -0.2) is 49.3 Å². The van der Waals surface area contributed by atoms with Crippen LogP contribution in [0.3, 0.4) is 0 Å². The van der Waals surface area contributed by atoms with E-state index in [1.54, 1.807) is 7.11 Å². The molecule has 4 heteroatoms. The Morgan fingerprint density at radius 1 is 1.25 bits per heavy atom. The molecule has 4 nitrogen and oxygen atoms in total. The van der Waals surface area contributed by atoms with Crippen LogP contribution < -0.4 is 10.1 Å². The lowest BCUT2D eigenvalue weighted by atomic mass is 10.1. The maximum atomic E-state index is 5.31. The van der Waals surface area contributed by atoms with E-state index in [0.29, 0.717) is 0 Å². The number of piperazine rings is 1. The third-order valence-corrected chi connectivity index (χ3v) is 4.19. The largest absolute Gasteiger partial charge is 0.497 e. The van der Waals surface area contributed by atoms with E-state index in [1.807, 2.05) is 0 Å². The highest BCUT2D eigenvalue weighted by molar-refractivity contribution is 5.85. The van der Waals surface area contributed by atoms with Crippen LogP contribution >= 0.6 is 0 Å². The smallest absolute Gasteiger partial charge is 0.120 e. The standard InChI is InChI=1S/C16H23N3O/c1-18-12-13(5-8-19-9-6-17-7-10-19)15-4-3-14(20-2)11-16(15)18/h3-4,11-12,17H,5-10H2,1-2H3. The highest BCUT2D eigenvalue weighted by Crippen LogP contribution is 2.25. The van der Waals surface area contributed by atoms with Crippen LogP contribution in [0.15, 0.2) is 24.4 Å². The molecule has 0 unspecified atom stereocenters. The van der Waals surface area contributed by atoms with Crippen LogP contribution in [0.1, 0.15) is 5.56 Å². The molecule has 1 aliphatic heterocycles. The number of benzene rings is 1. The lowest BCUT2D eigenvalue weighted by Crippen LogP contribution is -2.44. The molecule has 2 aromatic rings. The minimum absolute atomic E-state index is 0.923. The first-order valence-electron chi connectivity index (χ1n) is 7.33. The molecule has 1 aromatic heterocycles. The third kappa shape index (κ3) is 2.67. The quantitative estimate of drug-likeness (QED) is 0.918. The van der Waals surface area contributed by atoms with Crippen LogP contribution in [0.5, 0.6) is 5.75 Å². The molecule has 1 aliphatic rings. The van der Waals surface area contributed by atoms with Gasteiger partial charge in [-0.2, -0.15) is 0 Å². The van der Waals surface area contributed by atoms with E-state index in [4.69, 9.17) is 4.74 Å². The summed E-state index contributed by atoms with van der Waals surface area (Å²) < 4.78 is 7.51. The second kappa shape index (κ2) is 5.85. The molecule has 20 heavy (non-hydrogen) atoms. The van der Waals surface area contributed by atoms with Crippen molar-refractivity contribution in [2.24, 2.45) is 7.05 Å². The van der Waals surface area contributed by atoms with Crippen molar-refractivity contribution in [2.75, 3.05) is 39.8 Å². The SMILES string of the molecule is COc1ccc2c(CCN3CCNCC3)cn(C)c2c1. The fourth-order valence-electron chi connectivity index (χ4n) is 2.99. The van der Waals surface area contributed by atoms with Crippen molar-refractivity contribution in [2.45, 2.75) is 6.42 Å². The summed E-state index contributed by atoms with van der Waals surface area (Å²) in [6.07, 6.45) is 3.37. The van der Waals surface area contributed by atoms with Gasteiger partial charge in [0.15, 0.2) is 0 Å². The summed E-state index contributed by atoms with van der Waals surface area (Å²) in [5.74, 6) is 0.923. The molecule has 0 saturated carbocycles. The molecule has 0 amide bonds. The first kappa shape index (κ1) is 13.5. The molecule has 3 rings (SSSR count). The fraction of sp³-hybridized carbons (Fsp3) is 0.500. The Balaban J connectivity index is 1.77. The van der Waals surface area contributed by atoms with E-state index in [9.17, 15) is 0 Å². The van der Waals surface area contributed by atoms with Gasteiger partial charge in [0.1, 0.15) is 5.75 Å². The minimum Gasteiger partial charge on any atom is -0.497 e. The Bertz CT molecular complexity index is 585. The molecular formula is C16H23N3O. The number of rotatable bonds is 4. The fourth-order valence-corrected chi connectivity index (χ4v) is 2.99. The number of nitrogens with zero attached hydrogens (tertiary/aromatic N) is 2. The van der Waals surface area contributed by atoms with Crippen molar-refractivity contribution in [3.63, 3.8) is 0 Å². The molecule has 0 aliphatic carbocycles. The summed E-state index contributed by atoms with van der Waals surface area (Å²) in [5, 5.41) is 4.75. The number of nitrogens with one attached hydrogen (secondary N) is 1. The molecule has 2 heterocycles. The second-order valence-electron chi connectivity index (χ2n) is 5.49. The van der Waals surface area contributed by atoms with Crippen LogP contribution in [-0.2, 0) is 13.5 Å². The highest BCUT2D eigenvalue weighted by Gasteiger charge is 2.12. The first-order valence-corrected chi connectivity index (χ1v) is 7.33. The van der Waals surface area contributed by atoms with E-state index in [0.717, 1.165) is 31.8 Å². The number of aryl methyl sites for hydroxylation is 1. The van der Waals surface area contributed by atoms with Gasteiger partial charge in [-0.3, -0.25) is 0 Å². The Morgan fingerprint density at radius 3 is 2.80 bits per heavy atom. The Morgan fingerprint density at radius 2 is 2.05 bits per heavy atom. The topological polar surface area (TPSA) is 29.4 Å². The van der Waals surface area contributed by atoms with E-state index >= 15 is 0 Å². The van der Waals surface area contributed by atoms with Gasteiger partial charge in [-0.25, -0.2) is 0 Å². The average molecular weight is 273 g/mol. The van der Waals surface area contributed by atoms with Crippen molar-refractivity contribution < 1.29 is 4.74 Å². The Kier molecular flexibility index (Phi) is 3.94. The number of ether oxygens (including phenoxy) is 1. The highest BCUT2D eigenvalue weighted by atomic mass is 16.5. The average Bonchev–Trinajstić information content (AvgIpc) is 2.82. The predicted molar refractivity (Wildman–Crippen MR) is 82.5 cm³/mol. The zero-order valence-corrected chi connectivity index (χ0v) is 12.4. The molecule has 0 bridgehead atoms. The zero-order valence-electron chi connectivity index (χ0n) is 12.4. The lowest BCUT2D eigenvalue weighted by molar-refractivity contribution is 0.244. The molecule has 108 valence electrons. The molecule has 1 aromatic carbocycles. The zero-order chi connectivity index (χ0) is 13.9. The van der Waals surface area contributed by atoms with Gasteiger partial charge in [-0.05, 0) is 24.1 Å². The van der Waals surface area contributed by atoms with Crippen LogP contribution in [0, 0.1) is 0 Å². The number of aromatic nitrogens is 1. The number of fused-ring (bicyclic) bond motifs is 1. The van der Waals surface area contributed by atoms with Crippen molar-refractivity contribution >= 4 is 10.9 Å². The normalized spacial score (nSPS) is 16.7. The second-order valence-corrected chi connectivity index (χ2v) is 5.49. The van der Waals surface area contributed by atoms with Gasteiger partial charge in [0.2, 0.25) is 0 Å². The van der Waals surface area contributed by atoms with E-state index in [-0.39, 0.29) is 0 Å². The van der Waals surface area contributed by atoms with Crippen LogP contribution in [0.25, 0.3) is 10.9 Å². The van der Waals surface area contributed by atoms with Crippen molar-refractivity contribution in [3.8, 4) is 5.75 Å². The maximum Gasteiger partial charge on any atom is 0.120 e. The first-order chi connectivity index (χ1) is 9.78. The summed E-state index contributed by atoms with van der Waals surface area (Å²) >= 11 is 0. The van der Waals surface area contributed by atoms with E-state index < -0.39 is 0 Å². The number of methoxy groups -OCH3 is 1. The molecular weight excluding hydrogens is 250 g/mol. The van der Waals surface area contributed by atoms with Gasteiger partial charge in [-0.1, -0.05) is 0 Å². The van der Waals surface area contributed by atoms with Gasteiger partial charge < -0.3 is 19.5 Å². The minimum atomic E-state index is 0.923. The van der Waals surface area contributed by atoms with Crippen LogP contribution in [0.4, 0.5) is 0 Å². The van der Waals surface area contributed by atoms with E-state index in [2.05, 4.69) is 46.2 Å². The summed E-state index contributed by atoms with van der Waals surface area (Å²) in [5.41, 5.74) is 2.68. The van der Waals surface area contributed by atoms with Gasteiger partial charge in [0.05, 0.1) is 12.6 Å². The van der Waals surface area contributed by atoms with Crippen molar-refractivity contribution in [1.29, 1.82) is 0 Å². The van der Waals surface area contributed by atoms with Gasteiger partial charge in [-0.15, -0.1) is 0 Å². The van der Waals surface area contributed by atoms with Gasteiger partial charge >= 0.3 is 0 Å².